The van der Waals surface area contributed by atoms with E-state index in [0.29, 0.717) is 6.04 Å². The highest BCUT2D eigenvalue weighted by Crippen LogP contribution is 2.23. The minimum Gasteiger partial charge on any atom is -0.395 e. The Balaban J connectivity index is 2.14. The molecule has 90 valence electrons. The van der Waals surface area contributed by atoms with Gasteiger partial charge in [-0.1, -0.05) is 0 Å². The van der Waals surface area contributed by atoms with Crippen molar-refractivity contribution >= 4 is 5.82 Å². The number of aromatic nitrogens is 2. The van der Waals surface area contributed by atoms with Gasteiger partial charge in [-0.25, -0.2) is 0 Å². The Hall–Kier alpha value is -1.07. The van der Waals surface area contributed by atoms with Crippen molar-refractivity contribution in [2.24, 2.45) is 7.05 Å². The van der Waals surface area contributed by atoms with Gasteiger partial charge in [-0.2, -0.15) is 5.10 Å². The minimum absolute atomic E-state index is 0.235. The second-order valence-electron chi connectivity index (χ2n) is 4.52. The Labute approximate surface area is 95.8 Å². The van der Waals surface area contributed by atoms with Gasteiger partial charge in [0, 0.05) is 25.2 Å². The highest BCUT2D eigenvalue weighted by atomic mass is 16.3. The van der Waals surface area contributed by atoms with Crippen molar-refractivity contribution in [2.75, 3.05) is 18.9 Å². The number of likely N-dealkylation sites (tertiary alicyclic amines) is 1. The summed E-state index contributed by atoms with van der Waals surface area (Å²) in [5, 5.41) is 13.6. The predicted octanol–water partition coefficient (Wildman–Crippen LogP) is 0.267. The average molecular weight is 224 g/mol. The molecule has 1 saturated heterocycles. The third-order valence-corrected chi connectivity index (χ3v) is 3.47. The number of anilines is 1. The van der Waals surface area contributed by atoms with Crippen LogP contribution in [0.5, 0.6) is 0 Å². The zero-order valence-electron chi connectivity index (χ0n) is 9.98. The van der Waals surface area contributed by atoms with Crippen LogP contribution in [0, 0.1) is 6.92 Å². The summed E-state index contributed by atoms with van der Waals surface area (Å²) in [4.78, 5) is 2.29. The number of aryl methyl sites for hydroxylation is 2. The molecule has 16 heavy (non-hydrogen) atoms. The first-order valence-electron chi connectivity index (χ1n) is 5.76. The summed E-state index contributed by atoms with van der Waals surface area (Å²) in [5.74, 6) is 0.737. The first-order valence-corrected chi connectivity index (χ1v) is 5.76. The number of rotatable bonds is 3. The molecule has 1 aliphatic heterocycles. The predicted molar refractivity (Wildman–Crippen MR) is 62.9 cm³/mol. The summed E-state index contributed by atoms with van der Waals surface area (Å²) >= 11 is 0. The maximum absolute atomic E-state index is 9.26. The standard InChI is InChI=1S/C11H20N4O/c1-8-10(11(12)14(2)13-8)6-15-5-3-4-9(15)7-16/h9,16H,3-7,12H2,1-2H3. The molecular weight excluding hydrogens is 204 g/mol. The van der Waals surface area contributed by atoms with Crippen molar-refractivity contribution in [1.82, 2.24) is 14.7 Å². The number of hydrogen-bond donors (Lipinski definition) is 2. The molecule has 1 aromatic heterocycles. The molecule has 1 fully saturated rings. The quantitative estimate of drug-likeness (QED) is 0.773. The van der Waals surface area contributed by atoms with Crippen molar-refractivity contribution in [3.63, 3.8) is 0 Å². The van der Waals surface area contributed by atoms with Crippen LogP contribution in [-0.4, -0.2) is 39.0 Å². The van der Waals surface area contributed by atoms with E-state index in [-0.39, 0.29) is 6.61 Å². The van der Waals surface area contributed by atoms with Gasteiger partial charge in [-0.3, -0.25) is 9.58 Å². The topological polar surface area (TPSA) is 67.3 Å². The van der Waals surface area contributed by atoms with Gasteiger partial charge in [0.05, 0.1) is 12.3 Å². The van der Waals surface area contributed by atoms with Gasteiger partial charge < -0.3 is 10.8 Å². The smallest absolute Gasteiger partial charge is 0.126 e. The van der Waals surface area contributed by atoms with Gasteiger partial charge >= 0.3 is 0 Å². The molecule has 1 atom stereocenters. The van der Waals surface area contributed by atoms with Crippen LogP contribution in [0.4, 0.5) is 5.82 Å². The lowest BCUT2D eigenvalue weighted by atomic mass is 10.2. The molecule has 0 radical (unpaired) electrons. The van der Waals surface area contributed by atoms with Crippen molar-refractivity contribution in [3.8, 4) is 0 Å². The largest absolute Gasteiger partial charge is 0.395 e. The van der Waals surface area contributed by atoms with E-state index in [2.05, 4.69) is 10.00 Å². The minimum atomic E-state index is 0.235. The molecule has 2 rings (SSSR count). The zero-order valence-corrected chi connectivity index (χ0v) is 9.98. The maximum atomic E-state index is 9.26. The Morgan fingerprint density at radius 1 is 1.56 bits per heavy atom. The summed E-state index contributed by atoms with van der Waals surface area (Å²) in [6, 6.07) is 0.291. The summed E-state index contributed by atoms with van der Waals surface area (Å²) < 4.78 is 1.72. The van der Waals surface area contributed by atoms with Crippen LogP contribution in [0.15, 0.2) is 0 Å². The maximum Gasteiger partial charge on any atom is 0.126 e. The first-order chi connectivity index (χ1) is 7.63. The van der Waals surface area contributed by atoms with E-state index >= 15 is 0 Å². The molecular formula is C11H20N4O. The summed E-state index contributed by atoms with van der Waals surface area (Å²) in [5.41, 5.74) is 8.07. The average Bonchev–Trinajstić information content (AvgIpc) is 2.79. The lowest BCUT2D eigenvalue weighted by Gasteiger charge is -2.22. The molecule has 2 heterocycles. The number of aliphatic hydroxyl groups is 1. The van der Waals surface area contributed by atoms with Crippen LogP contribution in [0.25, 0.3) is 0 Å². The van der Waals surface area contributed by atoms with Crippen molar-refractivity contribution in [2.45, 2.75) is 32.4 Å². The van der Waals surface area contributed by atoms with Crippen molar-refractivity contribution < 1.29 is 5.11 Å². The number of nitrogen functional groups attached to an aromatic ring is 1. The Morgan fingerprint density at radius 2 is 2.31 bits per heavy atom. The SMILES string of the molecule is Cc1nn(C)c(N)c1CN1CCCC1CO. The van der Waals surface area contributed by atoms with Gasteiger partial charge in [0.2, 0.25) is 0 Å². The van der Waals surface area contributed by atoms with Gasteiger partial charge in [0.15, 0.2) is 0 Å². The summed E-state index contributed by atoms with van der Waals surface area (Å²) in [6.45, 7) is 4.06. The zero-order chi connectivity index (χ0) is 11.7. The number of nitrogens with two attached hydrogens (primary N) is 1. The number of nitrogens with zero attached hydrogens (tertiary/aromatic N) is 3. The van der Waals surface area contributed by atoms with E-state index in [1.807, 2.05) is 14.0 Å². The van der Waals surface area contributed by atoms with Gasteiger partial charge in [0.1, 0.15) is 5.82 Å². The van der Waals surface area contributed by atoms with E-state index in [9.17, 15) is 5.11 Å². The van der Waals surface area contributed by atoms with E-state index in [4.69, 9.17) is 5.73 Å². The molecule has 0 saturated carbocycles. The van der Waals surface area contributed by atoms with Gasteiger partial charge in [0.25, 0.3) is 0 Å². The van der Waals surface area contributed by atoms with E-state index in [0.717, 1.165) is 43.0 Å². The molecule has 3 N–H and O–H groups in total. The van der Waals surface area contributed by atoms with E-state index in [1.165, 1.54) is 0 Å². The Kier molecular flexibility index (Phi) is 3.16. The first kappa shape index (κ1) is 11.4. The molecule has 0 aliphatic carbocycles. The Morgan fingerprint density at radius 3 is 2.88 bits per heavy atom. The fourth-order valence-corrected chi connectivity index (χ4v) is 2.43. The van der Waals surface area contributed by atoms with Crippen LogP contribution in [0.3, 0.4) is 0 Å². The third-order valence-electron chi connectivity index (χ3n) is 3.47. The Bertz CT molecular complexity index is 374. The fraction of sp³-hybridized carbons (Fsp3) is 0.727. The molecule has 1 unspecified atom stereocenters. The molecule has 0 amide bonds. The lowest BCUT2D eigenvalue weighted by molar-refractivity contribution is 0.153. The van der Waals surface area contributed by atoms with Crippen LogP contribution in [0.2, 0.25) is 0 Å². The molecule has 0 aromatic carbocycles. The van der Waals surface area contributed by atoms with Crippen LogP contribution in [0.1, 0.15) is 24.1 Å². The molecule has 5 nitrogen and oxygen atoms in total. The lowest BCUT2D eigenvalue weighted by Crippen LogP contribution is -2.32. The van der Waals surface area contributed by atoms with Crippen LogP contribution >= 0.6 is 0 Å². The van der Waals surface area contributed by atoms with Gasteiger partial charge in [-0.05, 0) is 26.3 Å². The molecule has 1 aliphatic rings. The van der Waals surface area contributed by atoms with Crippen molar-refractivity contribution in [3.05, 3.63) is 11.3 Å². The highest BCUT2D eigenvalue weighted by Gasteiger charge is 2.25. The van der Waals surface area contributed by atoms with E-state index < -0.39 is 0 Å². The normalized spacial score (nSPS) is 21.8. The molecule has 0 bridgehead atoms. The number of hydrogen-bond acceptors (Lipinski definition) is 4. The summed E-state index contributed by atoms with van der Waals surface area (Å²) in [7, 11) is 1.86. The van der Waals surface area contributed by atoms with E-state index in [1.54, 1.807) is 4.68 Å². The van der Waals surface area contributed by atoms with Crippen LogP contribution in [-0.2, 0) is 13.6 Å². The molecule has 1 aromatic rings. The fourth-order valence-electron chi connectivity index (χ4n) is 2.43. The van der Waals surface area contributed by atoms with Crippen molar-refractivity contribution in [1.29, 1.82) is 0 Å². The monoisotopic (exact) mass is 224 g/mol. The van der Waals surface area contributed by atoms with Gasteiger partial charge in [-0.15, -0.1) is 0 Å². The highest BCUT2D eigenvalue weighted by molar-refractivity contribution is 5.42. The van der Waals surface area contributed by atoms with Crippen LogP contribution < -0.4 is 5.73 Å². The molecule has 5 heteroatoms. The second kappa shape index (κ2) is 4.43. The number of aliphatic hydroxyl groups excluding tert-OH is 1. The molecule has 0 spiro atoms. The second-order valence-corrected chi connectivity index (χ2v) is 4.52. The summed E-state index contributed by atoms with van der Waals surface area (Å²) in [6.07, 6.45) is 2.24. The third kappa shape index (κ3) is 1.92.